The molecule has 0 aromatic heterocycles. The molecule has 0 saturated carbocycles. The van der Waals surface area contributed by atoms with E-state index in [4.69, 9.17) is 4.74 Å². The van der Waals surface area contributed by atoms with Gasteiger partial charge in [0.2, 0.25) is 21.8 Å². The van der Waals surface area contributed by atoms with Gasteiger partial charge in [0.05, 0.1) is 16.9 Å². The predicted octanol–water partition coefficient (Wildman–Crippen LogP) is 1.68. The van der Waals surface area contributed by atoms with Crippen LogP contribution in [0.3, 0.4) is 0 Å². The number of piperidine rings is 1. The molecule has 4 rings (SSSR count). The molecule has 2 amide bonds. The van der Waals surface area contributed by atoms with Crippen molar-refractivity contribution in [1.82, 2.24) is 9.62 Å². The zero-order chi connectivity index (χ0) is 22.0. The number of hydrogen-bond acceptors (Lipinski definition) is 5. The molecule has 1 aromatic carbocycles. The Morgan fingerprint density at radius 2 is 2.00 bits per heavy atom. The number of ether oxygens (including phenoxy) is 1. The van der Waals surface area contributed by atoms with Crippen molar-refractivity contribution >= 4 is 27.5 Å². The number of aryl methyl sites for hydroxylation is 1. The fraction of sp³-hybridized carbons (Fsp3) is 0.636. The van der Waals surface area contributed by atoms with Gasteiger partial charge in [-0.15, -0.1) is 0 Å². The van der Waals surface area contributed by atoms with E-state index in [0.717, 1.165) is 43.5 Å². The van der Waals surface area contributed by atoms with Gasteiger partial charge in [-0.3, -0.25) is 9.59 Å². The van der Waals surface area contributed by atoms with E-state index in [0.29, 0.717) is 32.5 Å². The highest BCUT2D eigenvalue weighted by Gasteiger charge is 2.34. The molecular weight excluding hydrogens is 418 g/mol. The van der Waals surface area contributed by atoms with Crippen LogP contribution in [0.5, 0.6) is 0 Å². The Bertz CT molecular complexity index is 942. The van der Waals surface area contributed by atoms with Crippen molar-refractivity contribution in [3.8, 4) is 0 Å². The van der Waals surface area contributed by atoms with Gasteiger partial charge in [0.25, 0.3) is 0 Å². The van der Waals surface area contributed by atoms with Crippen molar-refractivity contribution in [2.24, 2.45) is 5.92 Å². The highest BCUT2D eigenvalue weighted by Crippen LogP contribution is 2.31. The molecule has 9 heteroatoms. The van der Waals surface area contributed by atoms with Crippen molar-refractivity contribution in [2.45, 2.75) is 56.4 Å². The lowest BCUT2D eigenvalue weighted by atomic mass is 9.99. The zero-order valence-corrected chi connectivity index (χ0v) is 18.8. The molecule has 2 saturated heterocycles. The molecule has 0 bridgehead atoms. The maximum atomic E-state index is 13.3. The number of hydrogen-bond donors (Lipinski definition) is 1. The number of amides is 2. The van der Waals surface area contributed by atoms with Crippen molar-refractivity contribution in [3.05, 3.63) is 23.8 Å². The van der Waals surface area contributed by atoms with Gasteiger partial charge in [-0.1, -0.05) is 0 Å². The minimum Gasteiger partial charge on any atom is -0.376 e. The van der Waals surface area contributed by atoms with Crippen molar-refractivity contribution < 1.29 is 22.7 Å². The molecule has 2 unspecified atom stereocenters. The number of nitrogens with one attached hydrogen (secondary N) is 1. The summed E-state index contributed by atoms with van der Waals surface area (Å²) in [6.45, 7) is 4.01. The summed E-state index contributed by atoms with van der Waals surface area (Å²) >= 11 is 0. The summed E-state index contributed by atoms with van der Waals surface area (Å²) < 4.78 is 33.6. The third kappa shape index (κ3) is 4.78. The lowest BCUT2D eigenvalue weighted by Gasteiger charge is -2.32. The Labute approximate surface area is 184 Å². The largest absolute Gasteiger partial charge is 0.376 e. The summed E-state index contributed by atoms with van der Waals surface area (Å²) in [5, 5.41) is 2.94. The fourth-order valence-electron chi connectivity index (χ4n) is 4.75. The molecule has 3 aliphatic rings. The van der Waals surface area contributed by atoms with Crippen LogP contribution in [0.2, 0.25) is 0 Å². The number of fused-ring (bicyclic) bond motifs is 1. The standard InChI is InChI=1S/C22H31N3O5S/c1-16(26)25-11-3-5-17-13-20(8-9-21(17)25)31(28,29)24-10-2-6-18(15-24)22(27)23-14-19-7-4-12-30-19/h8-9,13,18-19H,2-7,10-12,14-15H2,1H3,(H,23,27). The third-order valence-corrected chi connectivity index (χ3v) is 8.33. The molecule has 3 aliphatic heterocycles. The molecule has 0 spiro atoms. The van der Waals surface area contributed by atoms with Gasteiger partial charge >= 0.3 is 0 Å². The van der Waals surface area contributed by atoms with E-state index in [1.165, 1.54) is 11.2 Å². The normalized spacial score (nSPS) is 24.6. The smallest absolute Gasteiger partial charge is 0.243 e. The monoisotopic (exact) mass is 449 g/mol. The number of carbonyl (C=O) groups excluding carboxylic acids is 2. The molecule has 1 N–H and O–H groups in total. The average molecular weight is 450 g/mol. The molecule has 0 aliphatic carbocycles. The maximum absolute atomic E-state index is 13.3. The number of rotatable bonds is 5. The predicted molar refractivity (Wildman–Crippen MR) is 116 cm³/mol. The second kappa shape index (κ2) is 9.26. The van der Waals surface area contributed by atoms with Crippen LogP contribution in [0.4, 0.5) is 5.69 Å². The fourth-order valence-corrected chi connectivity index (χ4v) is 6.32. The van der Waals surface area contributed by atoms with E-state index in [9.17, 15) is 18.0 Å². The Morgan fingerprint density at radius 1 is 1.16 bits per heavy atom. The minimum absolute atomic E-state index is 0.0376. The molecular formula is C22H31N3O5S. The summed E-state index contributed by atoms with van der Waals surface area (Å²) in [6.07, 6.45) is 4.92. The summed E-state index contributed by atoms with van der Waals surface area (Å²) in [4.78, 5) is 26.4. The number of anilines is 1. The molecule has 2 atom stereocenters. The Balaban J connectivity index is 1.45. The molecule has 31 heavy (non-hydrogen) atoms. The summed E-state index contributed by atoms with van der Waals surface area (Å²) in [7, 11) is -3.71. The van der Waals surface area contributed by atoms with Crippen LogP contribution in [-0.2, 0) is 30.8 Å². The van der Waals surface area contributed by atoms with Gasteiger partial charge in [-0.2, -0.15) is 4.31 Å². The van der Waals surface area contributed by atoms with Crippen molar-refractivity contribution in [1.29, 1.82) is 0 Å². The zero-order valence-electron chi connectivity index (χ0n) is 18.0. The van der Waals surface area contributed by atoms with Gasteiger partial charge < -0.3 is 15.0 Å². The molecule has 3 heterocycles. The molecule has 0 radical (unpaired) electrons. The number of benzene rings is 1. The van der Waals surface area contributed by atoms with Crippen LogP contribution < -0.4 is 10.2 Å². The molecule has 170 valence electrons. The van der Waals surface area contributed by atoms with E-state index in [2.05, 4.69) is 5.32 Å². The quantitative estimate of drug-likeness (QED) is 0.738. The topological polar surface area (TPSA) is 96.0 Å². The SMILES string of the molecule is CC(=O)N1CCCc2cc(S(=O)(=O)N3CCCC(C(=O)NCC4CCCO4)C3)ccc21. The number of nitrogens with zero attached hydrogens (tertiary/aromatic N) is 2. The molecule has 8 nitrogen and oxygen atoms in total. The summed E-state index contributed by atoms with van der Waals surface area (Å²) in [6, 6.07) is 5.01. The van der Waals surface area contributed by atoms with Crippen LogP contribution in [0, 0.1) is 5.92 Å². The van der Waals surface area contributed by atoms with Crippen LogP contribution in [0.25, 0.3) is 0 Å². The number of sulfonamides is 1. The van der Waals surface area contributed by atoms with E-state index >= 15 is 0 Å². The van der Waals surface area contributed by atoms with Gasteiger partial charge in [-0.25, -0.2) is 8.42 Å². The first-order valence-electron chi connectivity index (χ1n) is 11.2. The van der Waals surface area contributed by atoms with E-state index in [1.807, 2.05) is 0 Å². The lowest BCUT2D eigenvalue weighted by molar-refractivity contribution is -0.126. The van der Waals surface area contributed by atoms with Crippen LogP contribution in [0.1, 0.15) is 44.6 Å². The average Bonchev–Trinajstić information content (AvgIpc) is 3.30. The van der Waals surface area contributed by atoms with Crippen molar-refractivity contribution in [3.63, 3.8) is 0 Å². The lowest BCUT2D eigenvalue weighted by Crippen LogP contribution is -2.46. The highest BCUT2D eigenvalue weighted by molar-refractivity contribution is 7.89. The van der Waals surface area contributed by atoms with Crippen LogP contribution >= 0.6 is 0 Å². The summed E-state index contributed by atoms with van der Waals surface area (Å²) in [5.74, 6) is -0.488. The van der Waals surface area contributed by atoms with Gasteiger partial charge in [0.1, 0.15) is 0 Å². The number of carbonyl (C=O) groups is 2. The van der Waals surface area contributed by atoms with E-state index in [-0.39, 0.29) is 35.3 Å². The Kier molecular flexibility index (Phi) is 6.64. The Morgan fingerprint density at radius 3 is 2.74 bits per heavy atom. The van der Waals surface area contributed by atoms with Crippen molar-refractivity contribution in [2.75, 3.05) is 37.7 Å². The van der Waals surface area contributed by atoms with Crippen LogP contribution in [-0.4, -0.2) is 63.4 Å². The van der Waals surface area contributed by atoms with Crippen LogP contribution in [0.15, 0.2) is 23.1 Å². The van der Waals surface area contributed by atoms with E-state index < -0.39 is 10.0 Å². The molecule has 2 fully saturated rings. The second-order valence-electron chi connectivity index (χ2n) is 8.65. The first kappa shape index (κ1) is 22.2. The van der Waals surface area contributed by atoms with Gasteiger partial charge in [0.15, 0.2) is 0 Å². The molecule has 1 aromatic rings. The maximum Gasteiger partial charge on any atom is 0.243 e. The highest BCUT2D eigenvalue weighted by atomic mass is 32.2. The first-order valence-corrected chi connectivity index (χ1v) is 12.6. The van der Waals surface area contributed by atoms with Gasteiger partial charge in [0, 0.05) is 45.4 Å². The summed E-state index contributed by atoms with van der Waals surface area (Å²) in [5.41, 5.74) is 1.67. The minimum atomic E-state index is -3.71. The third-order valence-electron chi connectivity index (χ3n) is 6.47. The second-order valence-corrected chi connectivity index (χ2v) is 10.6. The first-order chi connectivity index (χ1) is 14.9. The Hall–Kier alpha value is -1.97. The van der Waals surface area contributed by atoms with E-state index in [1.54, 1.807) is 23.1 Å². The van der Waals surface area contributed by atoms with Gasteiger partial charge in [-0.05, 0) is 62.3 Å².